The Balaban J connectivity index is 3.73. The topological polar surface area (TPSA) is 52.6 Å². The highest BCUT2D eigenvalue weighted by molar-refractivity contribution is 5.91. The van der Waals surface area contributed by atoms with Crippen molar-refractivity contribution < 1.29 is 19.1 Å². The molecule has 4 heteroatoms. The van der Waals surface area contributed by atoms with Gasteiger partial charge in [-0.2, -0.15) is 0 Å². The maximum Gasteiger partial charge on any atom is 0.334 e. The van der Waals surface area contributed by atoms with Gasteiger partial charge in [0.2, 0.25) is 6.61 Å². The summed E-state index contributed by atoms with van der Waals surface area (Å²) in [4.78, 5) is 21.2. The molecule has 0 bridgehead atoms. The number of rotatable bonds is 4. The zero-order valence-electron chi connectivity index (χ0n) is 6.91. The highest BCUT2D eigenvalue weighted by Crippen LogP contribution is 1.84. The van der Waals surface area contributed by atoms with Crippen LogP contribution in [0.5, 0.6) is 0 Å². The Morgan fingerprint density at radius 3 is 2.17 bits per heavy atom. The fourth-order valence-corrected chi connectivity index (χ4v) is 0.475. The summed E-state index contributed by atoms with van der Waals surface area (Å²) in [7, 11) is 0. The van der Waals surface area contributed by atoms with E-state index in [2.05, 4.69) is 16.4 Å². The SMILES string of the molecule is [CH2+]COC(=O)/C=C/C(=O)OCC. The second-order valence-electron chi connectivity index (χ2n) is 1.75. The Kier molecular flexibility index (Phi) is 5.51. The van der Waals surface area contributed by atoms with Crippen molar-refractivity contribution in [2.45, 2.75) is 6.92 Å². The predicted molar refractivity (Wildman–Crippen MR) is 42.1 cm³/mol. The fourth-order valence-electron chi connectivity index (χ4n) is 0.475. The Hall–Kier alpha value is -1.45. The standard InChI is InChI=1S/C8H11O4/c1-3-11-7(9)5-6-8(10)12-4-2/h5-6H,1,3-4H2,2H3/q+1/b6-5+. The molecule has 66 valence electrons. The number of hydrogen-bond donors (Lipinski definition) is 0. The maximum atomic E-state index is 10.6. The summed E-state index contributed by atoms with van der Waals surface area (Å²) in [5.41, 5.74) is 0. The molecular formula is C8H11O4+. The van der Waals surface area contributed by atoms with Crippen LogP contribution in [-0.4, -0.2) is 25.2 Å². The second kappa shape index (κ2) is 6.27. The summed E-state index contributed by atoms with van der Waals surface area (Å²) in [5.74, 6) is -1.16. The van der Waals surface area contributed by atoms with E-state index in [1.807, 2.05) is 0 Å². The molecule has 0 aromatic rings. The third-order valence-corrected chi connectivity index (χ3v) is 0.886. The normalized spacial score (nSPS) is 9.75. The predicted octanol–water partition coefficient (Wildman–Crippen LogP) is 0.483. The van der Waals surface area contributed by atoms with Crippen LogP contribution < -0.4 is 0 Å². The van der Waals surface area contributed by atoms with Crippen LogP contribution in [0.15, 0.2) is 12.2 Å². The van der Waals surface area contributed by atoms with Crippen LogP contribution in [0, 0.1) is 6.92 Å². The average molecular weight is 171 g/mol. The maximum absolute atomic E-state index is 10.6. The molecule has 0 aliphatic carbocycles. The van der Waals surface area contributed by atoms with E-state index >= 15 is 0 Å². The van der Waals surface area contributed by atoms with Crippen LogP contribution in [0.2, 0.25) is 0 Å². The monoisotopic (exact) mass is 171 g/mol. The van der Waals surface area contributed by atoms with Crippen LogP contribution in [0.4, 0.5) is 0 Å². The molecule has 0 amide bonds. The summed E-state index contributed by atoms with van der Waals surface area (Å²) >= 11 is 0. The molecule has 4 nitrogen and oxygen atoms in total. The zero-order valence-corrected chi connectivity index (χ0v) is 6.91. The van der Waals surface area contributed by atoms with Gasteiger partial charge in [0.15, 0.2) is 0 Å². The minimum atomic E-state index is -0.599. The van der Waals surface area contributed by atoms with Crippen molar-refractivity contribution in [3.8, 4) is 0 Å². The molecule has 0 saturated heterocycles. The minimum Gasteiger partial charge on any atom is -0.463 e. The van der Waals surface area contributed by atoms with Gasteiger partial charge in [-0.1, -0.05) is 0 Å². The van der Waals surface area contributed by atoms with Crippen LogP contribution in [0.1, 0.15) is 6.92 Å². The first-order valence-corrected chi connectivity index (χ1v) is 3.51. The first kappa shape index (κ1) is 10.6. The molecule has 0 spiro atoms. The number of carbonyl (C=O) groups is 2. The van der Waals surface area contributed by atoms with E-state index in [4.69, 9.17) is 0 Å². The number of esters is 2. The molecule has 0 N–H and O–H groups in total. The van der Waals surface area contributed by atoms with Crippen LogP contribution >= 0.6 is 0 Å². The summed E-state index contributed by atoms with van der Waals surface area (Å²) in [6.45, 7) is 5.31. The Morgan fingerprint density at radius 1 is 1.25 bits per heavy atom. The van der Waals surface area contributed by atoms with E-state index in [1.165, 1.54) is 0 Å². The van der Waals surface area contributed by atoms with Crippen molar-refractivity contribution in [3.63, 3.8) is 0 Å². The van der Waals surface area contributed by atoms with Crippen molar-refractivity contribution in [3.05, 3.63) is 19.1 Å². The Labute approximate surface area is 71.2 Å². The van der Waals surface area contributed by atoms with E-state index in [0.29, 0.717) is 0 Å². The number of carbonyl (C=O) groups excluding carboxylic acids is 2. The summed E-state index contributed by atoms with van der Waals surface area (Å²) in [6.07, 6.45) is 2.02. The third kappa shape index (κ3) is 5.34. The van der Waals surface area contributed by atoms with E-state index in [1.54, 1.807) is 6.92 Å². The van der Waals surface area contributed by atoms with E-state index in [9.17, 15) is 9.59 Å². The lowest BCUT2D eigenvalue weighted by molar-refractivity contribution is -0.139. The molecule has 0 radical (unpaired) electrons. The molecule has 12 heavy (non-hydrogen) atoms. The lowest BCUT2D eigenvalue weighted by atomic mass is 10.5. The molecular weight excluding hydrogens is 160 g/mol. The van der Waals surface area contributed by atoms with Crippen molar-refractivity contribution in [2.24, 2.45) is 0 Å². The van der Waals surface area contributed by atoms with Gasteiger partial charge in [-0.15, -0.1) is 0 Å². The van der Waals surface area contributed by atoms with Gasteiger partial charge >= 0.3 is 11.9 Å². The van der Waals surface area contributed by atoms with E-state index in [0.717, 1.165) is 12.2 Å². The van der Waals surface area contributed by atoms with Gasteiger partial charge in [-0.3, -0.25) is 0 Å². The highest BCUT2D eigenvalue weighted by Gasteiger charge is 1.98. The summed E-state index contributed by atoms with van der Waals surface area (Å²) in [6, 6.07) is 0. The molecule has 0 atom stereocenters. The zero-order chi connectivity index (χ0) is 9.40. The van der Waals surface area contributed by atoms with Crippen molar-refractivity contribution in [1.82, 2.24) is 0 Å². The van der Waals surface area contributed by atoms with Gasteiger partial charge in [-0.25, -0.2) is 9.59 Å². The molecule has 0 heterocycles. The van der Waals surface area contributed by atoms with E-state index < -0.39 is 11.9 Å². The number of hydrogen-bond acceptors (Lipinski definition) is 4. The Bertz CT molecular complexity index is 163. The van der Waals surface area contributed by atoms with Gasteiger partial charge in [0.05, 0.1) is 6.61 Å². The van der Waals surface area contributed by atoms with Gasteiger partial charge in [0, 0.05) is 12.2 Å². The molecule has 0 saturated carbocycles. The minimum absolute atomic E-state index is 0.0476. The van der Waals surface area contributed by atoms with Gasteiger partial charge < -0.3 is 9.47 Å². The van der Waals surface area contributed by atoms with Gasteiger partial charge in [0.1, 0.15) is 6.92 Å². The summed E-state index contributed by atoms with van der Waals surface area (Å²) < 4.78 is 8.95. The third-order valence-electron chi connectivity index (χ3n) is 0.886. The Morgan fingerprint density at radius 2 is 1.75 bits per heavy atom. The molecule has 0 aromatic carbocycles. The number of ether oxygens (including phenoxy) is 2. The molecule has 0 aromatic heterocycles. The first-order valence-electron chi connectivity index (χ1n) is 3.51. The smallest absolute Gasteiger partial charge is 0.334 e. The fraction of sp³-hybridized carbons (Fsp3) is 0.375. The molecule has 0 unspecified atom stereocenters. The lowest BCUT2D eigenvalue weighted by Gasteiger charge is -1.94. The van der Waals surface area contributed by atoms with Crippen LogP contribution in [0.3, 0.4) is 0 Å². The molecule has 0 fully saturated rings. The van der Waals surface area contributed by atoms with Crippen LogP contribution in [-0.2, 0) is 19.1 Å². The molecule has 0 rings (SSSR count). The van der Waals surface area contributed by atoms with Crippen molar-refractivity contribution in [1.29, 1.82) is 0 Å². The molecule has 0 aliphatic rings. The van der Waals surface area contributed by atoms with E-state index in [-0.39, 0.29) is 13.2 Å². The van der Waals surface area contributed by atoms with Gasteiger partial charge in [0.25, 0.3) is 0 Å². The quantitative estimate of drug-likeness (QED) is 0.351. The molecule has 0 aliphatic heterocycles. The summed E-state index contributed by atoms with van der Waals surface area (Å²) in [5, 5.41) is 0. The second-order valence-corrected chi connectivity index (χ2v) is 1.75. The average Bonchev–Trinajstić information content (AvgIpc) is 2.02. The van der Waals surface area contributed by atoms with Gasteiger partial charge in [-0.05, 0) is 6.92 Å². The lowest BCUT2D eigenvalue weighted by Crippen LogP contribution is -2.03. The largest absolute Gasteiger partial charge is 0.463 e. The van der Waals surface area contributed by atoms with Crippen molar-refractivity contribution >= 4 is 11.9 Å². The van der Waals surface area contributed by atoms with Crippen LogP contribution in [0.25, 0.3) is 0 Å². The first-order chi connectivity index (χ1) is 5.70. The van der Waals surface area contributed by atoms with Crippen molar-refractivity contribution in [2.75, 3.05) is 13.2 Å². The highest BCUT2D eigenvalue weighted by atomic mass is 16.5.